The first-order chi connectivity index (χ1) is 14.2. The predicted octanol–water partition coefficient (Wildman–Crippen LogP) is 3.85. The van der Waals surface area contributed by atoms with Crippen molar-refractivity contribution in [1.29, 1.82) is 4.78 Å². The monoisotopic (exact) mass is 446 g/mol. The normalized spacial score (nSPS) is 17.3. The molecule has 2 aromatic heterocycles. The van der Waals surface area contributed by atoms with E-state index in [2.05, 4.69) is 20.3 Å². The first-order valence-corrected chi connectivity index (χ1v) is 12.1. The van der Waals surface area contributed by atoms with E-state index in [4.69, 9.17) is 16.4 Å². The lowest BCUT2D eigenvalue weighted by molar-refractivity contribution is 0.222. The molecule has 8 nitrogen and oxygen atoms in total. The molecule has 1 fully saturated rings. The molecule has 0 aliphatic heterocycles. The van der Waals surface area contributed by atoms with Crippen molar-refractivity contribution in [2.45, 2.75) is 43.7 Å². The fourth-order valence-corrected chi connectivity index (χ4v) is 4.44. The molecule has 0 bridgehead atoms. The summed E-state index contributed by atoms with van der Waals surface area (Å²) in [6.45, 7) is 2.40. The van der Waals surface area contributed by atoms with Gasteiger partial charge in [-0.05, 0) is 55.0 Å². The lowest BCUT2D eigenvalue weighted by atomic mass is 9.80. The summed E-state index contributed by atoms with van der Waals surface area (Å²) < 4.78 is 21.2. The van der Waals surface area contributed by atoms with Crippen molar-refractivity contribution < 1.29 is 4.21 Å². The molecule has 2 N–H and O–H groups in total. The summed E-state index contributed by atoms with van der Waals surface area (Å²) >= 11 is 5.99. The topological polar surface area (TPSA) is 114 Å². The molecule has 2 atom stereocenters. The number of nitrogens with one attached hydrogen (secondary N) is 2. The van der Waals surface area contributed by atoms with Gasteiger partial charge < -0.3 is 5.32 Å². The Morgan fingerprint density at radius 3 is 2.60 bits per heavy atom. The van der Waals surface area contributed by atoms with Gasteiger partial charge in [0, 0.05) is 23.7 Å². The molecule has 1 aliphatic rings. The van der Waals surface area contributed by atoms with Gasteiger partial charge in [0.05, 0.1) is 15.9 Å². The highest BCUT2D eigenvalue weighted by atomic mass is 35.5. The second-order valence-electron chi connectivity index (χ2n) is 7.76. The highest BCUT2D eigenvalue weighted by Crippen LogP contribution is 2.36. The summed E-state index contributed by atoms with van der Waals surface area (Å²) in [7, 11) is -2.75. The third kappa shape index (κ3) is 4.04. The van der Waals surface area contributed by atoms with Crippen LogP contribution in [0.15, 0.2) is 40.2 Å². The molecule has 0 spiro atoms. The summed E-state index contributed by atoms with van der Waals surface area (Å²) in [5, 5.41) is 3.20. The Bertz CT molecular complexity index is 1250. The third-order valence-corrected chi connectivity index (χ3v) is 7.03. The van der Waals surface area contributed by atoms with Gasteiger partial charge in [0.2, 0.25) is 5.28 Å². The average Bonchev–Trinajstić information content (AvgIpc) is 2.64. The van der Waals surface area contributed by atoms with E-state index in [-0.39, 0.29) is 22.7 Å². The van der Waals surface area contributed by atoms with E-state index < -0.39 is 9.73 Å². The van der Waals surface area contributed by atoms with Gasteiger partial charge in [-0.15, -0.1) is 0 Å². The van der Waals surface area contributed by atoms with Crippen molar-refractivity contribution >= 4 is 38.3 Å². The van der Waals surface area contributed by atoms with Crippen LogP contribution in [0, 0.1) is 10.7 Å². The lowest BCUT2D eigenvalue weighted by Crippen LogP contribution is -2.33. The zero-order valence-electron chi connectivity index (χ0n) is 16.8. The number of hydrogen-bond acceptors (Lipinski definition) is 7. The number of nitrogens with zero attached hydrogens (tertiary/aromatic N) is 4. The summed E-state index contributed by atoms with van der Waals surface area (Å²) in [5.74, 6) is 0.652. The zero-order valence-corrected chi connectivity index (χ0v) is 18.3. The quantitative estimate of drug-likeness (QED) is 0.556. The van der Waals surface area contributed by atoms with Crippen LogP contribution >= 0.6 is 11.6 Å². The molecule has 0 radical (unpaired) electrons. The van der Waals surface area contributed by atoms with E-state index >= 15 is 0 Å². The molecule has 4 rings (SSSR count). The average molecular weight is 447 g/mol. The molecule has 10 heteroatoms. The van der Waals surface area contributed by atoms with E-state index in [1.54, 1.807) is 28.8 Å². The van der Waals surface area contributed by atoms with Crippen molar-refractivity contribution in [1.82, 2.24) is 19.5 Å². The molecule has 30 heavy (non-hydrogen) atoms. The van der Waals surface area contributed by atoms with Crippen LogP contribution in [0.2, 0.25) is 5.28 Å². The number of halogens is 1. The highest BCUT2D eigenvalue weighted by Gasteiger charge is 2.28. The molecule has 2 heterocycles. The lowest BCUT2D eigenvalue weighted by Gasteiger charge is -2.33. The van der Waals surface area contributed by atoms with E-state index in [0.717, 1.165) is 18.4 Å². The first kappa shape index (κ1) is 20.7. The summed E-state index contributed by atoms with van der Waals surface area (Å²) in [6, 6.07) is 6.91. The molecule has 1 saturated carbocycles. The van der Waals surface area contributed by atoms with Crippen molar-refractivity contribution in [3.8, 4) is 0 Å². The van der Waals surface area contributed by atoms with E-state index in [9.17, 15) is 9.00 Å². The Labute approximate surface area is 179 Å². The highest BCUT2D eigenvalue weighted by molar-refractivity contribution is 7.91. The molecule has 1 aliphatic carbocycles. The molecule has 0 saturated heterocycles. The van der Waals surface area contributed by atoms with Gasteiger partial charge in [-0.25, -0.2) is 19.0 Å². The van der Waals surface area contributed by atoms with Gasteiger partial charge in [-0.2, -0.15) is 4.98 Å². The summed E-state index contributed by atoms with van der Waals surface area (Å²) in [6.07, 6.45) is 6.26. The van der Waals surface area contributed by atoms with Crippen LogP contribution in [0.5, 0.6) is 0 Å². The molecule has 1 aromatic carbocycles. The maximum atomic E-state index is 13.3. The molecule has 3 aromatic rings. The minimum Gasteiger partial charge on any atom is -0.361 e. The smallest absolute Gasteiger partial charge is 0.295 e. The Morgan fingerprint density at radius 2 is 2.00 bits per heavy atom. The van der Waals surface area contributed by atoms with Crippen molar-refractivity contribution in [3.05, 3.63) is 51.7 Å². The van der Waals surface area contributed by atoms with Gasteiger partial charge in [-0.1, -0.05) is 18.6 Å². The van der Waals surface area contributed by atoms with E-state index in [0.29, 0.717) is 28.5 Å². The predicted molar refractivity (Wildman–Crippen MR) is 117 cm³/mol. The number of aromatic nitrogens is 4. The van der Waals surface area contributed by atoms with Crippen LogP contribution in [-0.2, 0) is 16.3 Å². The van der Waals surface area contributed by atoms with Gasteiger partial charge in [-0.3, -0.25) is 9.36 Å². The minimum absolute atomic E-state index is 0.0164. The fourth-order valence-electron chi connectivity index (χ4n) is 3.66. The maximum Gasteiger partial charge on any atom is 0.295 e. The van der Waals surface area contributed by atoms with Crippen LogP contribution in [0.25, 0.3) is 11.2 Å². The zero-order chi connectivity index (χ0) is 21.5. The summed E-state index contributed by atoms with van der Waals surface area (Å²) in [5.41, 5.74) is 1.59. The number of anilines is 1. The van der Waals surface area contributed by atoms with Crippen molar-refractivity contribution in [2.24, 2.45) is 5.92 Å². The Kier molecular flexibility index (Phi) is 5.50. The maximum absolute atomic E-state index is 13.3. The Morgan fingerprint density at radius 1 is 1.30 bits per heavy atom. The van der Waals surface area contributed by atoms with Crippen molar-refractivity contribution in [3.63, 3.8) is 0 Å². The molecule has 158 valence electrons. The largest absolute Gasteiger partial charge is 0.361 e. The van der Waals surface area contributed by atoms with E-state index in [1.807, 2.05) is 6.92 Å². The van der Waals surface area contributed by atoms with Crippen LogP contribution < -0.4 is 10.9 Å². The third-order valence-electron chi connectivity index (χ3n) is 5.67. The van der Waals surface area contributed by atoms with Crippen LogP contribution in [0.1, 0.15) is 37.8 Å². The number of benzene rings is 1. The van der Waals surface area contributed by atoms with E-state index in [1.165, 1.54) is 18.9 Å². The van der Waals surface area contributed by atoms with Crippen LogP contribution in [-0.4, -0.2) is 30.0 Å². The second kappa shape index (κ2) is 7.96. The molecular weight excluding hydrogens is 424 g/mol. The Hall–Kier alpha value is -2.52. The first-order valence-electron chi connectivity index (χ1n) is 9.75. The SMILES string of the molecule is C[C@@H](C1CCC1)n1c(=O)c(NCc2ccc(S(C)(=N)=O)cc2)nc2cnc(Cl)nc21. The van der Waals surface area contributed by atoms with Crippen LogP contribution in [0.3, 0.4) is 0 Å². The second-order valence-corrected chi connectivity index (χ2v) is 10.3. The summed E-state index contributed by atoms with van der Waals surface area (Å²) in [4.78, 5) is 26.4. The molecule has 1 unspecified atom stereocenters. The minimum atomic E-state index is -2.75. The number of fused-ring (bicyclic) bond motifs is 1. The van der Waals surface area contributed by atoms with Crippen LogP contribution in [0.4, 0.5) is 5.82 Å². The van der Waals surface area contributed by atoms with Crippen molar-refractivity contribution in [2.75, 3.05) is 11.6 Å². The van der Waals surface area contributed by atoms with Gasteiger partial charge in [0.1, 0.15) is 5.52 Å². The Balaban J connectivity index is 1.68. The number of hydrogen-bond donors (Lipinski definition) is 2. The molecular formula is C20H23ClN6O2S. The van der Waals surface area contributed by atoms with Gasteiger partial charge in [0.15, 0.2) is 11.5 Å². The fraction of sp³-hybridized carbons (Fsp3) is 0.400. The standard InChI is InChI=1S/C20H23ClN6O2S/c1-12(14-4-3-5-14)27-18-16(11-24-20(21)26-18)25-17(19(27)28)23-10-13-6-8-15(9-7-13)30(2,22)29/h6-9,11-12,14,22H,3-5,10H2,1-2H3,(H,23,25)/t12-,30?/m0/s1. The van der Waals surface area contributed by atoms with Gasteiger partial charge in [0.25, 0.3) is 5.56 Å². The molecule has 0 amide bonds. The number of rotatable bonds is 6. The van der Waals surface area contributed by atoms with Gasteiger partial charge >= 0.3 is 0 Å².